The summed E-state index contributed by atoms with van der Waals surface area (Å²) in [7, 11) is 0. The van der Waals surface area contributed by atoms with Gasteiger partial charge < -0.3 is 28.4 Å². The van der Waals surface area contributed by atoms with E-state index in [1.54, 1.807) is 35.6 Å². The minimum atomic E-state index is -0.480. The topological polar surface area (TPSA) is 135 Å². The lowest BCUT2D eigenvalue weighted by molar-refractivity contribution is -0.145. The molecule has 2 aliphatic rings. The van der Waals surface area contributed by atoms with E-state index in [0.29, 0.717) is 75.3 Å². The van der Waals surface area contributed by atoms with E-state index >= 15 is 0 Å². The van der Waals surface area contributed by atoms with Gasteiger partial charge in [-0.1, -0.05) is 100 Å². The largest absolute Gasteiger partial charge is 0.491 e. The Kier molecular flexibility index (Phi) is 20.0. The molecule has 368 valence electrons. The molecule has 0 unspecified atom stereocenters. The molecule has 1 aromatic heterocycles. The first-order valence-electron chi connectivity index (χ1n) is 25.2. The number of carbonyl (C=O) groups excluding carboxylic acids is 3. The number of aromatic nitrogens is 1. The highest BCUT2D eigenvalue weighted by Crippen LogP contribution is 2.40. The molecule has 5 aromatic rings. The molecule has 12 nitrogen and oxygen atoms in total. The van der Waals surface area contributed by atoms with E-state index in [1.807, 2.05) is 35.5 Å². The number of hydrogen-bond acceptors (Lipinski definition) is 13. The molecular formula is C56H69N3O9S. The van der Waals surface area contributed by atoms with Crippen LogP contribution in [0.15, 0.2) is 96.6 Å². The summed E-state index contributed by atoms with van der Waals surface area (Å²) in [6, 6.07) is 25.9. The van der Waals surface area contributed by atoms with Gasteiger partial charge in [0.05, 0.1) is 54.7 Å². The first kappa shape index (κ1) is 51.2. The molecule has 0 atom stereocenters. The van der Waals surface area contributed by atoms with Crippen LogP contribution in [0.25, 0.3) is 21.0 Å². The summed E-state index contributed by atoms with van der Waals surface area (Å²) in [5.41, 5.74) is 3.09. The maximum absolute atomic E-state index is 14.0. The summed E-state index contributed by atoms with van der Waals surface area (Å²) < 4.78 is 34.7. The fourth-order valence-electron chi connectivity index (χ4n) is 9.37. The number of hydrazone groups is 1. The van der Waals surface area contributed by atoms with Gasteiger partial charge in [-0.15, -0.1) is 0 Å². The molecule has 0 aliphatic heterocycles. The first-order chi connectivity index (χ1) is 33.8. The molecule has 7 rings (SSSR count). The Morgan fingerprint density at radius 1 is 0.739 bits per heavy atom. The van der Waals surface area contributed by atoms with Crippen molar-refractivity contribution in [2.24, 2.45) is 22.9 Å². The lowest BCUT2D eigenvalue weighted by atomic mass is 9.77. The molecule has 0 saturated heterocycles. The lowest BCUT2D eigenvalue weighted by Crippen LogP contribution is -2.30. The van der Waals surface area contributed by atoms with Crippen LogP contribution >= 0.6 is 11.3 Å². The van der Waals surface area contributed by atoms with Crippen LogP contribution < -0.4 is 19.2 Å². The third-order valence-corrected chi connectivity index (χ3v) is 14.3. The highest BCUT2D eigenvalue weighted by atomic mass is 32.1. The summed E-state index contributed by atoms with van der Waals surface area (Å²) in [5.74, 6) is 1.17. The van der Waals surface area contributed by atoms with Crippen LogP contribution in [0, 0.1) is 17.8 Å². The molecule has 0 spiro atoms. The maximum atomic E-state index is 14.0. The Morgan fingerprint density at radius 2 is 1.43 bits per heavy atom. The number of anilines is 1. The van der Waals surface area contributed by atoms with Gasteiger partial charge in [0.1, 0.15) is 30.5 Å². The Balaban J connectivity index is 0.957. The van der Waals surface area contributed by atoms with Crippen LogP contribution in [0.3, 0.4) is 0 Å². The zero-order chi connectivity index (χ0) is 48.2. The SMILES string of the molecule is C=CC(=O)OCCOCCOCCOc1ccc(OC(=O)C2CCC(C(=O)Oc3ccc4cc(C5CCC(CCC)CC5)ccc4c3/C=N/N(CCCCCC)c3nc4ccccc4s3)CC2)cc1. The van der Waals surface area contributed by atoms with Crippen molar-refractivity contribution in [1.82, 2.24) is 4.98 Å². The molecule has 4 aromatic carbocycles. The molecular weight excluding hydrogens is 891 g/mol. The van der Waals surface area contributed by atoms with Crippen molar-refractivity contribution in [3.8, 4) is 17.2 Å². The van der Waals surface area contributed by atoms with Gasteiger partial charge in [-0.2, -0.15) is 5.10 Å². The number of para-hydroxylation sites is 1. The number of carbonyl (C=O) groups is 3. The van der Waals surface area contributed by atoms with Crippen molar-refractivity contribution in [2.75, 3.05) is 51.2 Å². The number of ether oxygens (including phenoxy) is 6. The average Bonchev–Trinajstić information content (AvgIpc) is 3.82. The molecule has 0 radical (unpaired) electrons. The van der Waals surface area contributed by atoms with E-state index in [9.17, 15) is 14.4 Å². The summed E-state index contributed by atoms with van der Waals surface area (Å²) in [6.45, 7) is 10.5. The zero-order valence-electron chi connectivity index (χ0n) is 40.5. The molecule has 2 fully saturated rings. The predicted molar refractivity (Wildman–Crippen MR) is 274 cm³/mol. The van der Waals surface area contributed by atoms with Gasteiger partial charge in [0.15, 0.2) is 0 Å². The second-order valence-electron chi connectivity index (χ2n) is 18.2. The lowest BCUT2D eigenvalue weighted by Gasteiger charge is -2.29. The van der Waals surface area contributed by atoms with Gasteiger partial charge in [-0.25, -0.2) is 14.8 Å². The Hall–Kier alpha value is -5.63. The van der Waals surface area contributed by atoms with E-state index in [0.717, 1.165) is 75.9 Å². The number of thiazole rings is 1. The van der Waals surface area contributed by atoms with Crippen LogP contribution in [0.1, 0.15) is 121 Å². The van der Waals surface area contributed by atoms with Gasteiger partial charge in [0.2, 0.25) is 5.13 Å². The number of nitrogens with zero attached hydrogens (tertiary/aromatic N) is 3. The molecule has 2 aliphatic carbocycles. The second kappa shape index (κ2) is 26.9. The summed E-state index contributed by atoms with van der Waals surface area (Å²) >= 11 is 1.63. The van der Waals surface area contributed by atoms with E-state index in [1.165, 1.54) is 44.1 Å². The highest BCUT2D eigenvalue weighted by Gasteiger charge is 2.33. The number of benzene rings is 4. The quantitative estimate of drug-likeness (QED) is 0.0131. The van der Waals surface area contributed by atoms with Crippen LogP contribution in [0.4, 0.5) is 5.13 Å². The number of esters is 3. The maximum Gasteiger partial charge on any atom is 0.330 e. The van der Waals surface area contributed by atoms with Crippen molar-refractivity contribution < 1.29 is 42.8 Å². The Labute approximate surface area is 411 Å². The normalized spacial score (nSPS) is 18.3. The van der Waals surface area contributed by atoms with Gasteiger partial charge in [0.25, 0.3) is 0 Å². The fraction of sp³-hybridized carbons (Fsp3) is 0.482. The third kappa shape index (κ3) is 15.2. The molecule has 69 heavy (non-hydrogen) atoms. The fourth-order valence-corrected chi connectivity index (χ4v) is 10.3. The number of fused-ring (bicyclic) bond motifs is 2. The van der Waals surface area contributed by atoms with Gasteiger partial charge in [0, 0.05) is 18.2 Å². The van der Waals surface area contributed by atoms with Crippen LogP contribution in [-0.2, 0) is 28.6 Å². The number of rotatable bonds is 26. The highest BCUT2D eigenvalue weighted by molar-refractivity contribution is 7.22. The van der Waals surface area contributed by atoms with Crippen LogP contribution in [-0.4, -0.2) is 75.3 Å². The standard InChI is InChI=1S/C56H69N3O9S/c1-4-7-8-11-31-59(56-58-50-13-9-10-14-52(50)69-56)57-39-49-48-29-23-44(41-17-15-40(12-5-2)16-18-41)38-45(48)24-30-51(49)68-55(62)43-21-19-42(20-22-43)54(61)67-47-27-25-46(26-28-47)65-36-34-63-32-33-64-35-37-66-53(60)6-3/h6,9-10,13-14,23-30,38-43H,3-5,7-8,11-12,15-22,31-37H2,1-2H3/b57-39+. The van der Waals surface area contributed by atoms with Gasteiger partial charge in [-0.3, -0.25) is 9.59 Å². The van der Waals surface area contributed by atoms with Crippen LogP contribution in [0.5, 0.6) is 17.2 Å². The zero-order valence-corrected chi connectivity index (χ0v) is 41.3. The molecule has 0 bridgehead atoms. The molecule has 2 saturated carbocycles. The third-order valence-electron chi connectivity index (χ3n) is 13.3. The van der Waals surface area contributed by atoms with E-state index < -0.39 is 5.97 Å². The van der Waals surface area contributed by atoms with Crippen molar-refractivity contribution in [3.05, 3.63) is 103 Å². The predicted octanol–water partition coefficient (Wildman–Crippen LogP) is 12.4. The first-order valence-corrected chi connectivity index (χ1v) is 26.0. The molecule has 0 amide bonds. The van der Waals surface area contributed by atoms with Crippen molar-refractivity contribution >= 4 is 61.6 Å². The van der Waals surface area contributed by atoms with E-state index in [2.05, 4.69) is 50.8 Å². The summed E-state index contributed by atoms with van der Waals surface area (Å²) in [5, 5.41) is 10.1. The van der Waals surface area contributed by atoms with Crippen molar-refractivity contribution in [2.45, 2.75) is 110 Å². The molecule has 13 heteroatoms. The number of hydrogen-bond donors (Lipinski definition) is 0. The summed E-state index contributed by atoms with van der Waals surface area (Å²) in [4.78, 5) is 43.3. The van der Waals surface area contributed by atoms with E-state index in [-0.39, 0.29) is 37.0 Å². The van der Waals surface area contributed by atoms with Gasteiger partial charge >= 0.3 is 17.9 Å². The Bertz CT molecular complexity index is 2420. The second-order valence-corrected chi connectivity index (χ2v) is 19.2. The smallest absolute Gasteiger partial charge is 0.330 e. The van der Waals surface area contributed by atoms with Gasteiger partial charge in [-0.05, 0) is 128 Å². The minimum absolute atomic E-state index is 0.162. The van der Waals surface area contributed by atoms with Crippen molar-refractivity contribution in [1.29, 1.82) is 0 Å². The monoisotopic (exact) mass is 959 g/mol. The molecule has 1 heterocycles. The van der Waals surface area contributed by atoms with Crippen molar-refractivity contribution in [3.63, 3.8) is 0 Å². The summed E-state index contributed by atoms with van der Waals surface area (Å²) in [6.07, 6.45) is 17.0. The van der Waals surface area contributed by atoms with Crippen LogP contribution in [0.2, 0.25) is 0 Å². The molecule has 0 N–H and O–H groups in total. The minimum Gasteiger partial charge on any atom is -0.491 e. The number of unbranched alkanes of at least 4 members (excludes halogenated alkanes) is 3. The Morgan fingerprint density at radius 3 is 2.14 bits per heavy atom. The van der Waals surface area contributed by atoms with E-state index in [4.69, 9.17) is 38.5 Å². The average molecular weight is 960 g/mol.